The van der Waals surface area contributed by atoms with Crippen LogP contribution in [0.4, 0.5) is 0 Å². The molecule has 1 aromatic heterocycles. The van der Waals surface area contributed by atoms with Crippen LogP contribution in [-0.4, -0.2) is 24.5 Å². The van der Waals surface area contributed by atoms with Crippen molar-refractivity contribution >= 4 is 34.4 Å². The van der Waals surface area contributed by atoms with Gasteiger partial charge < -0.3 is 14.5 Å². The fraction of sp³-hybridized carbons (Fsp3) is 0.375. The maximum Gasteiger partial charge on any atom is 0.307 e. The van der Waals surface area contributed by atoms with E-state index in [2.05, 4.69) is 5.32 Å². The first-order valence-electron chi connectivity index (χ1n) is 7.05. The molecule has 1 aromatic carbocycles. The normalized spacial score (nSPS) is 11.0. The third-order valence-corrected chi connectivity index (χ3v) is 3.32. The smallest absolute Gasteiger partial charge is 0.307 e. The van der Waals surface area contributed by atoms with E-state index < -0.39 is 0 Å². The first-order valence-corrected chi connectivity index (χ1v) is 7.42. The molecule has 6 heteroatoms. The van der Waals surface area contributed by atoms with Gasteiger partial charge in [0.25, 0.3) is 5.91 Å². The summed E-state index contributed by atoms with van der Waals surface area (Å²) in [6, 6.07) is 5.18. The van der Waals surface area contributed by atoms with Crippen molar-refractivity contribution in [1.82, 2.24) is 5.32 Å². The topological polar surface area (TPSA) is 68.5 Å². The van der Waals surface area contributed by atoms with E-state index in [4.69, 9.17) is 20.8 Å². The molecule has 1 heterocycles. The summed E-state index contributed by atoms with van der Waals surface area (Å²) in [6.45, 7) is 5.55. The zero-order chi connectivity index (χ0) is 16.3. The van der Waals surface area contributed by atoms with Crippen molar-refractivity contribution in [2.75, 3.05) is 6.54 Å². The Balaban J connectivity index is 2.01. The fourth-order valence-electron chi connectivity index (χ4n) is 2.09. The lowest BCUT2D eigenvalue weighted by Crippen LogP contribution is -2.27. The molecule has 0 atom stereocenters. The molecule has 0 aliphatic heterocycles. The molecule has 0 fully saturated rings. The maximum absolute atomic E-state index is 12.1. The largest absolute Gasteiger partial charge is 0.463 e. The predicted octanol–water partition coefficient (Wildman–Crippen LogP) is 3.47. The number of benzene rings is 1. The highest BCUT2D eigenvalue weighted by Crippen LogP contribution is 2.27. The molecule has 1 N–H and O–H groups in total. The van der Waals surface area contributed by atoms with Gasteiger partial charge in [-0.25, -0.2) is 0 Å². The van der Waals surface area contributed by atoms with E-state index >= 15 is 0 Å². The highest BCUT2D eigenvalue weighted by molar-refractivity contribution is 6.31. The van der Waals surface area contributed by atoms with Crippen molar-refractivity contribution in [3.8, 4) is 0 Å². The van der Waals surface area contributed by atoms with Gasteiger partial charge in [-0.15, -0.1) is 0 Å². The molecular formula is C16H18ClNO4. The molecule has 0 unspecified atom stereocenters. The Kier molecular flexibility index (Phi) is 5.08. The van der Waals surface area contributed by atoms with Crippen LogP contribution in [0.3, 0.4) is 0 Å². The van der Waals surface area contributed by atoms with Crippen LogP contribution in [-0.2, 0) is 9.53 Å². The number of ether oxygens (including phenoxy) is 1. The summed E-state index contributed by atoms with van der Waals surface area (Å²) in [5.74, 6) is -0.472. The van der Waals surface area contributed by atoms with Crippen molar-refractivity contribution < 1.29 is 18.7 Å². The van der Waals surface area contributed by atoms with Crippen LogP contribution >= 0.6 is 11.6 Å². The summed E-state index contributed by atoms with van der Waals surface area (Å²) in [6.07, 6.45) is -0.0414. The quantitative estimate of drug-likeness (QED) is 0.855. The van der Waals surface area contributed by atoms with Gasteiger partial charge in [-0.2, -0.15) is 0 Å². The molecule has 0 aliphatic carbocycles. The molecule has 0 aliphatic rings. The number of carbonyl (C=O) groups excluding carboxylic acids is 2. The van der Waals surface area contributed by atoms with Crippen LogP contribution in [0.15, 0.2) is 22.6 Å². The predicted molar refractivity (Wildman–Crippen MR) is 84.1 cm³/mol. The molecule has 1 amide bonds. The zero-order valence-corrected chi connectivity index (χ0v) is 13.5. The van der Waals surface area contributed by atoms with E-state index in [9.17, 15) is 9.59 Å². The third kappa shape index (κ3) is 3.80. The Hall–Kier alpha value is -2.01. The lowest BCUT2D eigenvalue weighted by molar-refractivity contribution is -0.147. The molecule has 22 heavy (non-hydrogen) atoms. The van der Waals surface area contributed by atoms with E-state index in [0.29, 0.717) is 10.6 Å². The van der Waals surface area contributed by atoms with Gasteiger partial charge in [0, 0.05) is 22.5 Å². The first kappa shape index (κ1) is 16.4. The average Bonchev–Trinajstić information content (AvgIpc) is 2.75. The van der Waals surface area contributed by atoms with Crippen LogP contribution in [0.1, 0.15) is 36.4 Å². The molecule has 2 rings (SSSR count). The van der Waals surface area contributed by atoms with Gasteiger partial charge in [0.05, 0.1) is 12.5 Å². The third-order valence-electron chi connectivity index (χ3n) is 3.09. The van der Waals surface area contributed by atoms with Crippen LogP contribution in [0, 0.1) is 6.92 Å². The number of hydrogen-bond acceptors (Lipinski definition) is 4. The Morgan fingerprint density at radius 3 is 2.77 bits per heavy atom. The standard InChI is InChI=1S/C16H18ClNO4/c1-9(2)21-14(19)6-7-18-16(20)15-10(3)12-8-11(17)4-5-13(12)22-15/h4-5,8-9H,6-7H2,1-3H3,(H,18,20). The molecule has 0 saturated carbocycles. The van der Waals surface area contributed by atoms with E-state index in [1.807, 2.05) is 0 Å². The molecule has 2 aromatic rings. The van der Waals surface area contributed by atoms with Crippen molar-refractivity contribution in [3.05, 3.63) is 34.5 Å². The second-order valence-electron chi connectivity index (χ2n) is 5.24. The minimum absolute atomic E-state index is 0.120. The van der Waals surface area contributed by atoms with Gasteiger partial charge in [-0.05, 0) is 39.0 Å². The number of halogens is 1. The summed E-state index contributed by atoms with van der Waals surface area (Å²) in [5, 5.41) is 4.04. The number of furan rings is 1. The minimum Gasteiger partial charge on any atom is -0.463 e. The number of esters is 1. The monoisotopic (exact) mass is 323 g/mol. The maximum atomic E-state index is 12.1. The summed E-state index contributed by atoms with van der Waals surface area (Å²) in [5.41, 5.74) is 1.33. The van der Waals surface area contributed by atoms with Crippen LogP contribution < -0.4 is 5.32 Å². The molecule has 0 bridgehead atoms. The van der Waals surface area contributed by atoms with Gasteiger partial charge in [0.15, 0.2) is 5.76 Å². The van der Waals surface area contributed by atoms with Gasteiger partial charge >= 0.3 is 5.97 Å². The zero-order valence-electron chi connectivity index (χ0n) is 12.7. The molecule has 118 valence electrons. The van der Waals surface area contributed by atoms with Crippen LogP contribution in [0.25, 0.3) is 11.0 Å². The number of hydrogen-bond donors (Lipinski definition) is 1. The second kappa shape index (κ2) is 6.83. The Labute approximate surface area is 133 Å². The molecule has 0 saturated heterocycles. The number of aryl methyl sites for hydroxylation is 1. The summed E-state index contributed by atoms with van der Waals surface area (Å²) in [4.78, 5) is 23.5. The Morgan fingerprint density at radius 1 is 1.36 bits per heavy atom. The van der Waals surface area contributed by atoms with Gasteiger partial charge in [0.1, 0.15) is 5.58 Å². The summed E-state index contributed by atoms with van der Waals surface area (Å²) < 4.78 is 10.5. The van der Waals surface area contributed by atoms with Crippen molar-refractivity contribution in [1.29, 1.82) is 0 Å². The highest BCUT2D eigenvalue weighted by Gasteiger charge is 2.18. The average molecular weight is 324 g/mol. The fourth-order valence-corrected chi connectivity index (χ4v) is 2.26. The van der Waals surface area contributed by atoms with Crippen LogP contribution in [0.2, 0.25) is 5.02 Å². The van der Waals surface area contributed by atoms with Crippen LogP contribution in [0.5, 0.6) is 0 Å². The summed E-state index contributed by atoms with van der Waals surface area (Å²) in [7, 11) is 0. The highest BCUT2D eigenvalue weighted by atomic mass is 35.5. The molecular weight excluding hydrogens is 306 g/mol. The van der Waals surface area contributed by atoms with Crippen molar-refractivity contribution in [2.45, 2.75) is 33.3 Å². The van der Waals surface area contributed by atoms with Crippen molar-refractivity contribution in [2.24, 2.45) is 0 Å². The molecule has 0 spiro atoms. The number of amides is 1. The van der Waals surface area contributed by atoms with E-state index in [0.717, 1.165) is 10.9 Å². The van der Waals surface area contributed by atoms with E-state index in [1.54, 1.807) is 39.0 Å². The minimum atomic E-state index is -0.359. The first-order chi connectivity index (χ1) is 10.4. The lowest BCUT2D eigenvalue weighted by atomic mass is 10.1. The number of carbonyl (C=O) groups is 2. The number of fused-ring (bicyclic) bond motifs is 1. The molecule has 5 nitrogen and oxygen atoms in total. The Bertz CT molecular complexity index is 705. The van der Waals surface area contributed by atoms with E-state index in [-0.39, 0.29) is 36.7 Å². The number of rotatable bonds is 5. The Morgan fingerprint density at radius 2 is 2.09 bits per heavy atom. The summed E-state index contributed by atoms with van der Waals surface area (Å²) >= 11 is 5.95. The van der Waals surface area contributed by atoms with E-state index in [1.165, 1.54) is 0 Å². The molecule has 0 radical (unpaired) electrons. The van der Waals surface area contributed by atoms with Crippen molar-refractivity contribution in [3.63, 3.8) is 0 Å². The van der Waals surface area contributed by atoms with Gasteiger partial charge in [0.2, 0.25) is 0 Å². The van der Waals surface area contributed by atoms with Gasteiger partial charge in [-0.3, -0.25) is 9.59 Å². The number of nitrogens with one attached hydrogen (secondary N) is 1. The van der Waals surface area contributed by atoms with Gasteiger partial charge in [-0.1, -0.05) is 11.6 Å². The second-order valence-corrected chi connectivity index (χ2v) is 5.68. The SMILES string of the molecule is Cc1c(C(=O)NCCC(=O)OC(C)C)oc2ccc(Cl)cc12. The lowest BCUT2D eigenvalue weighted by Gasteiger charge is -2.08.